The van der Waals surface area contributed by atoms with Crippen molar-refractivity contribution in [1.82, 2.24) is 19.6 Å². The quantitative estimate of drug-likeness (QED) is 0.437. The Labute approximate surface area is 187 Å². The summed E-state index contributed by atoms with van der Waals surface area (Å²) in [6.45, 7) is 1.96. The van der Waals surface area contributed by atoms with Crippen LogP contribution in [0.5, 0.6) is 0 Å². The van der Waals surface area contributed by atoms with Crippen molar-refractivity contribution in [3.8, 4) is 23.2 Å². The van der Waals surface area contributed by atoms with Gasteiger partial charge in [-0.05, 0) is 44.0 Å². The highest BCUT2D eigenvalue weighted by Crippen LogP contribution is 2.30. The summed E-state index contributed by atoms with van der Waals surface area (Å²) < 4.78 is 7.39. The molecule has 1 saturated carbocycles. The lowest BCUT2D eigenvalue weighted by atomic mass is 9.80. The number of amides is 1. The van der Waals surface area contributed by atoms with E-state index < -0.39 is 6.10 Å². The molecule has 0 spiro atoms. The maximum atomic E-state index is 10.8. The summed E-state index contributed by atoms with van der Waals surface area (Å²) in [7, 11) is 1.81. The number of nitrogens with two attached hydrogens (primary N) is 1. The Morgan fingerprint density at radius 1 is 1.38 bits per heavy atom. The molecule has 1 aliphatic rings. The van der Waals surface area contributed by atoms with E-state index in [9.17, 15) is 9.90 Å². The van der Waals surface area contributed by atoms with Gasteiger partial charge in [-0.2, -0.15) is 0 Å². The number of hydrogen-bond donors (Lipinski definition) is 2. The number of aromatic nitrogens is 3. The lowest BCUT2D eigenvalue weighted by molar-refractivity contribution is -0.120. The Morgan fingerprint density at radius 3 is 2.78 bits per heavy atom. The first-order chi connectivity index (χ1) is 15.5. The molecule has 0 aliphatic heterocycles. The predicted molar refractivity (Wildman–Crippen MR) is 119 cm³/mol. The summed E-state index contributed by atoms with van der Waals surface area (Å²) >= 11 is 0. The van der Waals surface area contributed by atoms with Crippen LogP contribution in [0.1, 0.15) is 49.0 Å². The van der Waals surface area contributed by atoms with Crippen molar-refractivity contribution in [2.24, 2.45) is 11.7 Å². The van der Waals surface area contributed by atoms with Crippen molar-refractivity contribution in [2.75, 3.05) is 13.6 Å². The number of imidazole rings is 1. The first-order valence-corrected chi connectivity index (χ1v) is 10.7. The van der Waals surface area contributed by atoms with Crippen molar-refractivity contribution < 1.29 is 14.4 Å². The molecule has 0 bridgehead atoms. The first kappa shape index (κ1) is 21.8. The number of carbonyl (C=O) groups is 1. The van der Waals surface area contributed by atoms with Gasteiger partial charge in [0.1, 0.15) is 17.6 Å². The molecule has 2 aromatic heterocycles. The maximum Gasteiger partial charge on any atom is 0.209 e. The van der Waals surface area contributed by atoms with Crippen LogP contribution >= 0.6 is 0 Å². The average Bonchev–Trinajstić information content (AvgIpc) is 3.44. The molecule has 1 aromatic carbocycles. The molecule has 2 heterocycles. The summed E-state index contributed by atoms with van der Waals surface area (Å²) in [5.74, 6) is 8.01. The molecule has 4 rings (SSSR count). The third kappa shape index (κ3) is 4.44. The van der Waals surface area contributed by atoms with Gasteiger partial charge in [0.05, 0.1) is 6.04 Å². The topological polar surface area (TPSA) is 110 Å². The van der Waals surface area contributed by atoms with Gasteiger partial charge in [-0.1, -0.05) is 17.0 Å². The Bertz CT molecular complexity index is 1120. The average molecular weight is 434 g/mol. The van der Waals surface area contributed by atoms with Crippen molar-refractivity contribution >= 4 is 6.41 Å². The number of aliphatic hydroxyl groups is 1. The SMILES string of the molecule is CC(O)c1nccn1C(CN)c1cc(-c2ccc(C#CC3CC(N(C)C=O)C3)cc2)on1. The smallest absolute Gasteiger partial charge is 0.209 e. The summed E-state index contributed by atoms with van der Waals surface area (Å²) in [4.78, 5) is 16.7. The molecule has 3 N–H and O–H groups in total. The third-order valence-corrected chi connectivity index (χ3v) is 5.95. The molecule has 0 saturated heterocycles. The van der Waals surface area contributed by atoms with E-state index >= 15 is 0 Å². The second-order valence-corrected chi connectivity index (χ2v) is 8.18. The zero-order chi connectivity index (χ0) is 22.7. The molecule has 1 aliphatic carbocycles. The highest BCUT2D eigenvalue weighted by Gasteiger charge is 2.30. The van der Waals surface area contributed by atoms with E-state index in [2.05, 4.69) is 22.0 Å². The number of rotatable bonds is 7. The van der Waals surface area contributed by atoms with Gasteiger partial charge in [0.25, 0.3) is 0 Å². The van der Waals surface area contributed by atoms with E-state index in [0.29, 0.717) is 35.8 Å². The monoisotopic (exact) mass is 433 g/mol. The van der Waals surface area contributed by atoms with Crippen molar-refractivity contribution in [3.63, 3.8) is 0 Å². The van der Waals surface area contributed by atoms with E-state index in [4.69, 9.17) is 10.3 Å². The molecule has 2 unspecified atom stereocenters. The number of aliphatic hydroxyl groups excluding tert-OH is 1. The minimum atomic E-state index is -0.712. The van der Waals surface area contributed by atoms with Crippen LogP contribution in [-0.2, 0) is 4.79 Å². The zero-order valence-electron chi connectivity index (χ0n) is 18.2. The van der Waals surface area contributed by atoms with Gasteiger partial charge in [-0.25, -0.2) is 4.98 Å². The predicted octanol–water partition coefficient (Wildman–Crippen LogP) is 2.36. The normalized spacial score (nSPS) is 19.4. The fraction of sp³-hybridized carbons (Fsp3) is 0.375. The molecule has 1 fully saturated rings. The van der Waals surface area contributed by atoms with Crippen LogP contribution in [-0.4, -0.2) is 50.8 Å². The van der Waals surface area contributed by atoms with Gasteiger partial charge in [0.2, 0.25) is 6.41 Å². The molecule has 32 heavy (non-hydrogen) atoms. The molecule has 1 amide bonds. The summed E-state index contributed by atoms with van der Waals surface area (Å²) in [6.07, 6.45) is 5.43. The highest BCUT2D eigenvalue weighted by atomic mass is 16.5. The fourth-order valence-electron chi connectivity index (χ4n) is 3.90. The number of carbonyl (C=O) groups excluding carboxylic acids is 1. The van der Waals surface area contributed by atoms with Gasteiger partial charge in [0, 0.05) is 55.1 Å². The summed E-state index contributed by atoms with van der Waals surface area (Å²) in [5.41, 5.74) is 8.49. The second-order valence-electron chi connectivity index (χ2n) is 8.18. The van der Waals surface area contributed by atoms with Crippen LogP contribution in [0, 0.1) is 17.8 Å². The minimum absolute atomic E-state index is 0.283. The molecule has 8 nitrogen and oxygen atoms in total. The van der Waals surface area contributed by atoms with Gasteiger partial charge < -0.3 is 24.8 Å². The fourth-order valence-corrected chi connectivity index (χ4v) is 3.90. The van der Waals surface area contributed by atoms with Gasteiger partial charge in [-0.15, -0.1) is 0 Å². The van der Waals surface area contributed by atoms with E-state index in [1.807, 2.05) is 41.9 Å². The molecule has 0 radical (unpaired) electrons. The third-order valence-electron chi connectivity index (χ3n) is 5.95. The van der Waals surface area contributed by atoms with Gasteiger partial charge in [0.15, 0.2) is 5.76 Å². The van der Waals surface area contributed by atoms with Gasteiger partial charge in [-0.3, -0.25) is 4.79 Å². The molecular weight excluding hydrogens is 406 g/mol. The standard InChI is InChI=1S/C24H27N5O3/c1-16(31)24-26-9-10-29(24)22(14-25)21-13-23(32-27-21)19-7-5-17(6-8-19)3-4-18-11-20(12-18)28(2)15-30/h5-10,13,15-16,18,20,22,31H,11-12,14,25H2,1-2H3. The summed E-state index contributed by atoms with van der Waals surface area (Å²) in [6, 6.07) is 9.71. The van der Waals surface area contributed by atoms with Gasteiger partial charge >= 0.3 is 0 Å². The van der Waals surface area contributed by atoms with Crippen molar-refractivity contribution in [3.05, 3.63) is 59.8 Å². The molecule has 8 heteroatoms. The Morgan fingerprint density at radius 2 is 2.12 bits per heavy atom. The minimum Gasteiger partial charge on any atom is -0.385 e. The van der Waals surface area contributed by atoms with E-state index in [1.54, 1.807) is 24.2 Å². The largest absolute Gasteiger partial charge is 0.385 e. The van der Waals surface area contributed by atoms with Crippen LogP contribution < -0.4 is 5.73 Å². The lowest BCUT2D eigenvalue weighted by Gasteiger charge is -2.36. The Hall–Kier alpha value is -3.41. The zero-order valence-corrected chi connectivity index (χ0v) is 18.2. The van der Waals surface area contributed by atoms with Crippen LogP contribution in [0.25, 0.3) is 11.3 Å². The van der Waals surface area contributed by atoms with Crippen LogP contribution in [0.2, 0.25) is 0 Å². The van der Waals surface area contributed by atoms with Crippen LogP contribution in [0.4, 0.5) is 0 Å². The molecular formula is C24H27N5O3. The van der Waals surface area contributed by atoms with Crippen LogP contribution in [0.15, 0.2) is 47.2 Å². The van der Waals surface area contributed by atoms with Crippen LogP contribution in [0.3, 0.4) is 0 Å². The second kappa shape index (κ2) is 9.39. The molecule has 166 valence electrons. The molecule has 2 atom stereocenters. The highest BCUT2D eigenvalue weighted by molar-refractivity contribution is 5.59. The van der Waals surface area contributed by atoms with Crippen molar-refractivity contribution in [1.29, 1.82) is 0 Å². The first-order valence-electron chi connectivity index (χ1n) is 10.7. The Balaban J connectivity index is 1.44. The summed E-state index contributed by atoms with van der Waals surface area (Å²) in [5, 5.41) is 14.2. The van der Waals surface area contributed by atoms with E-state index in [-0.39, 0.29) is 6.04 Å². The van der Waals surface area contributed by atoms with E-state index in [0.717, 1.165) is 30.4 Å². The van der Waals surface area contributed by atoms with E-state index in [1.165, 1.54) is 0 Å². The van der Waals surface area contributed by atoms with Crippen molar-refractivity contribution in [2.45, 2.75) is 38.0 Å². The number of benzene rings is 1. The number of hydrogen-bond acceptors (Lipinski definition) is 6. The number of nitrogens with zero attached hydrogens (tertiary/aromatic N) is 4. The Kier molecular flexibility index (Phi) is 6.40. The lowest BCUT2D eigenvalue weighted by Crippen LogP contribution is -2.41. The molecule has 3 aromatic rings. The maximum absolute atomic E-state index is 10.8.